The zero-order valence-corrected chi connectivity index (χ0v) is 13.2. The molecule has 0 unspecified atom stereocenters. The lowest BCUT2D eigenvalue weighted by Crippen LogP contribution is -2.31. The summed E-state index contributed by atoms with van der Waals surface area (Å²) in [6, 6.07) is 8.06. The number of rotatable bonds is 6. The molecule has 3 rings (SSSR count). The summed E-state index contributed by atoms with van der Waals surface area (Å²) < 4.78 is 28.5. The number of hydrogen-bond donors (Lipinski definition) is 2. The molecule has 2 aromatic rings. The molecule has 0 atom stereocenters. The van der Waals surface area contributed by atoms with Crippen LogP contribution in [0.5, 0.6) is 0 Å². The lowest BCUT2D eigenvalue weighted by molar-refractivity contribution is 0.215. The van der Waals surface area contributed by atoms with Gasteiger partial charge in [0.25, 0.3) is 10.0 Å². The Hall–Kier alpha value is -2.55. The highest BCUT2D eigenvalue weighted by atomic mass is 32.2. The van der Waals surface area contributed by atoms with Crippen molar-refractivity contribution in [1.29, 1.82) is 0 Å². The molecule has 1 fully saturated rings. The van der Waals surface area contributed by atoms with E-state index >= 15 is 0 Å². The normalized spacial score (nSPS) is 14.8. The third-order valence-electron chi connectivity index (χ3n) is 3.48. The summed E-state index contributed by atoms with van der Waals surface area (Å²) in [5, 5.41) is 6.84. The number of nitrogens with zero attached hydrogens (tertiary/aromatic N) is 3. The fourth-order valence-corrected chi connectivity index (χ4v) is 3.35. The minimum absolute atomic E-state index is 0.0813. The van der Waals surface area contributed by atoms with Crippen molar-refractivity contribution in [3.63, 3.8) is 0 Å². The van der Waals surface area contributed by atoms with Gasteiger partial charge in [0.1, 0.15) is 0 Å². The quantitative estimate of drug-likeness (QED) is 0.812. The van der Waals surface area contributed by atoms with Gasteiger partial charge in [0.15, 0.2) is 0 Å². The van der Waals surface area contributed by atoms with Gasteiger partial charge in [-0.15, -0.1) is 0 Å². The molecule has 1 aromatic carbocycles. The first-order valence-corrected chi connectivity index (χ1v) is 8.66. The summed E-state index contributed by atoms with van der Waals surface area (Å²) in [6.07, 6.45) is 3.05. The van der Waals surface area contributed by atoms with Crippen LogP contribution >= 0.6 is 0 Å². The van der Waals surface area contributed by atoms with Gasteiger partial charge in [-0.05, 0) is 12.1 Å². The van der Waals surface area contributed by atoms with Crippen molar-refractivity contribution in [2.24, 2.45) is 0 Å². The van der Waals surface area contributed by atoms with Crippen LogP contribution in [0, 0.1) is 0 Å². The summed E-state index contributed by atoms with van der Waals surface area (Å²) in [6.45, 7) is 2.35. The molecule has 8 nitrogen and oxygen atoms in total. The van der Waals surface area contributed by atoms with E-state index in [-0.39, 0.29) is 10.9 Å². The molecule has 1 aliphatic rings. The van der Waals surface area contributed by atoms with Crippen molar-refractivity contribution in [3.8, 4) is 0 Å². The Kier molecular flexibility index (Phi) is 4.20. The van der Waals surface area contributed by atoms with E-state index in [1.807, 2.05) is 0 Å². The van der Waals surface area contributed by atoms with Crippen molar-refractivity contribution in [2.75, 3.05) is 24.4 Å². The highest BCUT2D eigenvalue weighted by Crippen LogP contribution is 2.14. The molecule has 1 saturated heterocycles. The lowest BCUT2D eigenvalue weighted by atomic mass is 10.4. The van der Waals surface area contributed by atoms with Gasteiger partial charge < -0.3 is 10.2 Å². The Labute approximate surface area is 134 Å². The Morgan fingerprint density at radius 2 is 2.00 bits per heavy atom. The summed E-state index contributed by atoms with van der Waals surface area (Å²) in [7, 11) is -3.62. The fourth-order valence-electron chi connectivity index (χ4n) is 2.30. The highest BCUT2D eigenvalue weighted by Gasteiger charge is 2.19. The maximum absolute atomic E-state index is 12.2. The van der Waals surface area contributed by atoms with E-state index in [2.05, 4.69) is 15.1 Å². The monoisotopic (exact) mass is 335 g/mol. The summed E-state index contributed by atoms with van der Waals surface area (Å²) in [5.41, 5.74) is 0.389. The largest absolute Gasteiger partial charge is 0.336 e. The molecule has 0 spiro atoms. The second-order valence-corrected chi connectivity index (χ2v) is 6.81. The van der Waals surface area contributed by atoms with Gasteiger partial charge >= 0.3 is 6.03 Å². The van der Waals surface area contributed by atoms with E-state index in [1.165, 1.54) is 18.3 Å². The molecule has 1 aliphatic heterocycles. The number of nitrogens with one attached hydrogen (secondary N) is 2. The van der Waals surface area contributed by atoms with Gasteiger partial charge in [-0.3, -0.25) is 9.40 Å². The number of carbonyl (C=O) groups excluding carboxylic acids is 1. The second-order valence-electron chi connectivity index (χ2n) is 5.13. The number of carbonyl (C=O) groups is 1. The van der Waals surface area contributed by atoms with Crippen LogP contribution in [0.2, 0.25) is 0 Å². The molecule has 0 saturated carbocycles. The number of urea groups is 1. The molecule has 0 radical (unpaired) electrons. The van der Waals surface area contributed by atoms with Crippen LogP contribution in [0.25, 0.3) is 0 Å². The zero-order valence-electron chi connectivity index (χ0n) is 12.3. The van der Waals surface area contributed by atoms with Gasteiger partial charge in [0.2, 0.25) is 0 Å². The van der Waals surface area contributed by atoms with Crippen LogP contribution in [0.4, 0.5) is 10.5 Å². The van der Waals surface area contributed by atoms with Crippen molar-refractivity contribution < 1.29 is 13.2 Å². The third-order valence-corrected chi connectivity index (χ3v) is 4.88. The third kappa shape index (κ3) is 3.62. The van der Waals surface area contributed by atoms with E-state index in [4.69, 9.17) is 0 Å². The minimum Gasteiger partial charge on any atom is -0.336 e. The number of benzene rings is 1. The van der Waals surface area contributed by atoms with Gasteiger partial charge in [0.05, 0.1) is 23.3 Å². The first-order chi connectivity index (χ1) is 11.0. The van der Waals surface area contributed by atoms with Gasteiger partial charge in [-0.2, -0.15) is 5.10 Å². The zero-order chi connectivity index (χ0) is 16.3. The lowest BCUT2D eigenvalue weighted by Gasteiger charge is -2.13. The topological polar surface area (TPSA) is 96.3 Å². The first-order valence-electron chi connectivity index (χ1n) is 7.18. The van der Waals surface area contributed by atoms with Crippen molar-refractivity contribution in [3.05, 3.63) is 42.7 Å². The van der Waals surface area contributed by atoms with Crippen LogP contribution in [0.3, 0.4) is 0 Å². The number of amides is 2. The first kappa shape index (κ1) is 15.3. The summed E-state index contributed by atoms with van der Waals surface area (Å²) in [4.78, 5) is 13.3. The molecule has 2 amide bonds. The van der Waals surface area contributed by atoms with E-state index in [1.54, 1.807) is 34.0 Å². The smallest absolute Gasteiger partial charge is 0.317 e. The Morgan fingerprint density at radius 3 is 2.70 bits per heavy atom. The molecular formula is C14H17N5O3S. The van der Waals surface area contributed by atoms with E-state index in [0.29, 0.717) is 31.9 Å². The number of aromatic nitrogens is 2. The van der Waals surface area contributed by atoms with E-state index < -0.39 is 10.0 Å². The van der Waals surface area contributed by atoms with Crippen molar-refractivity contribution in [1.82, 2.24) is 20.0 Å². The van der Waals surface area contributed by atoms with Gasteiger partial charge in [0, 0.05) is 25.8 Å². The number of hydrogen-bond acceptors (Lipinski definition) is 4. The molecule has 0 bridgehead atoms. The minimum atomic E-state index is -3.62. The standard InChI is InChI=1S/C14H17N5O3S/c20-14-15-6-7-18(14)8-9-19-11-12(10-16-19)17-23(21,22)13-4-2-1-3-5-13/h1-5,10-11,17H,6-9H2,(H,15,20). The van der Waals surface area contributed by atoms with E-state index in [0.717, 1.165) is 0 Å². The number of anilines is 1. The maximum Gasteiger partial charge on any atom is 0.317 e. The molecular weight excluding hydrogens is 318 g/mol. The van der Waals surface area contributed by atoms with Crippen molar-refractivity contribution >= 4 is 21.7 Å². The van der Waals surface area contributed by atoms with E-state index in [9.17, 15) is 13.2 Å². The molecule has 0 aliphatic carbocycles. The van der Waals surface area contributed by atoms with Gasteiger partial charge in [-0.1, -0.05) is 18.2 Å². The second kappa shape index (κ2) is 6.29. The molecule has 122 valence electrons. The predicted molar refractivity (Wildman–Crippen MR) is 84.4 cm³/mol. The molecule has 23 heavy (non-hydrogen) atoms. The molecule has 1 aromatic heterocycles. The van der Waals surface area contributed by atoms with Crippen LogP contribution in [0.1, 0.15) is 0 Å². The number of sulfonamides is 1. The summed E-state index contributed by atoms with van der Waals surface area (Å²) >= 11 is 0. The molecule has 2 N–H and O–H groups in total. The summed E-state index contributed by atoms with van der Waals surface area (Å²) in [5.74, 6) is 0. The van der Waals surface area contributed by atoms with Crippen molar-refractivity contribution in [2.45, 2.75) is 11.4 Å². The maximum atomic E-state index is 12.2. The van der Waals surface area contributed by atoms with Crippen LogP contribution in [-0.2, 0) is 16.6 Å². The van der Waals surface area contributed by atoms with Crippen LogP contribution in [-0.4, -0.2) is 48.8 Å². The Morgan fingerprint density at radius 1 is 1.22 bits per heavy atom. The fraction of sp³-hybridized carbons (Fsp3) is 0.286. The van der Waals surface area contributed by atoms with Gasteiger partial charge in [-0.25, -0.2) is 13.2 Å². The SMILES string of the molecule is O=C1NCCN1CCn1cc(NS(=O)(=O)c2ccccc2)cn1. The van der Waals surface area contributed by atoms with Crippen LogP contribution in [0.15, 0.2) is 47.6 Å². The average molecular weight is 335 g/mol. The average Bonchev–Trinajstić information content (AvgIpc) is 3.15. The molecule has 2 heterocycles. The molecule has 9 heteroatoms. The van der Waals surface area contributed by atoms with Crippen LogP contribution < -0.4 is 10.0 Å². The highest BCUT2D eigenvalue weighted by molar-refractivity contribution is 7.92. The Balaban J connectivity index is 1.62. The predicted octanol–water partition coefficient (Wildman–Crippen LogP) is 0.709. The Bertz CT molecular complexity index is 788.